The number of rotatable bonds is 8. The number of amides is 2. The van der Waals surface area contributed by atoms with Crippen LogP contribution in [0, 0.1) is 5.92 Å². The van der Waals surface area contributed by atoms with E-state index in [1.54, 1.807) is 4.90 Å². The summed E-state index contributed by atoms with van der Waals surface area (Å²) in [5, 5.41) is 2.96. The van der Waals surface area contributed by atoms with E-state index in [0.717, 1.165) is 58.9 Å². The first-order valence-electron chi connectivity index (χ1n) is 11.2. The van der Waals surface area contributed by atoms with Gasteiger partial charge >= 0.3 is 0 Å². The van der Waals surface area contributed by atoms with E-state index in [2.05, 4.69) is 15.1 Å². The molecule has 2 aliphatic heterocycles. The van der Waals surface area contributed by atoms with E-state index >= 15 is 0 Å². The average molecular weight is 395 g/mol. The van der Waals surface area contributed by atoms with Crippen LogP contribution in [-0.2, 0) is 14.3 Å². The molecule has 0 radical (unpaired) electrons. The van der Waals surface area contributed by atoms with E-state index in [-0.39, 0.29) is 17.9 Å². The summed E-state index contributed by atoms with van der Waals surface area (Å²) in [6.07, 6.45) is 7.74. The van der Waals surface area contributed by atoms with Gasteiger partial charge in [0, 0.05) is 52.9 Å². The van der Waals surface area contributed by atoms with Gasteiger partial charge in [0.25, 0.3) is 0 Å². The number of hydrogen-bond donors (Lipinski definition) is 1. The zero-order chi connectivity index (χ0) is 19.8. The molecule has 3 aliphatic rings. The molecule has 3 rings (SSSR count). The maximum Gasteiger partial charge on any atom is 0.237 e. The number of hydrogen-bond acceptors (Lipinski definition) is 5. The van der Waals surface area contributed by atoms with Crippen LogP contribution in [-0.4, -0.2) is 98.6 Å². The molecule has 1 unspecified atom stereocenters. The molecular formula is C21H38N4O3. The van der Waals surface area contributed by atoms with Gasteiger partial charge in [-0.2, -0.15) is 0 Å². The first-order valence-corrected chi connectivity index (χ1v) is 11.2. The molecule has 28 heavy (non-hydrogen) atoms. The number of ether oxygens (including phenoxy) is 1. The summed E-state index contributed by atoms with van der Waals surface area (Å²) < 4.78 is 5.38. The maximum absolute atomic E-state index is 12.8. The van der Waals surface area contributed by atoms with E-state index in [0.29, 0.717) is 18.9 Å². The van der Waals surface area contributed by atoms with Crippen LogP contribution in [0.15, 0.2) is 0 Å². The number of morpholine rings is 1. The van der Waals surface area contributed by atoms with Crippen molar-refractivity contribution in [2.24, 2.45) is 5.92 Å². The zero-order valence-electron chi connectivity index (χ0n) is 17.5. The molecule has 0 aromatic heterocycles. The summed E-state index contributed by atoms with van der Waals surface area (Å²) in [6, 6.07) is -0.301. The zero-order valence-corrected chi connectivity index (χ0v) is 17.5. The number of nitrogens with zero attached hydrogens (tertiary/aromatic N) is 3. The molecule has 1 atom stereocenters. The first kappa shape index (κ1) is 21.5. The Bertz CT molecular complexity index is 504. The smallest absolute Gasteiger partial charge is 0.237 e. The molecule has 7 heteroatoms. The van der Waals surface area contributed by atoms with Gasteiger partial charge in [0.1, 0.15) is 0 Å². The van der Waals surface area contributed by atoms with Crippen molar-refractivity contribution < 1.29 is 14.3 Å². The lowest BCUT2D eigenvalue weighted by Crippen LogP contribution is -2.57. The maximum atomic E-state index is 12.8. The van der Waals surface area contributed by atoms with Gasteiger partial charge < -0.3 is 15.0 Å². The van der Waals surface area contributed by atoms with E-state index in [1.807, 2.05) is 7.05 Å². The molecule has 0 spiro atoms. The second-order valence-corrected chi connectivity index (χ2v) is 8.63. The topological polar surface area (TPSA) is 65.1 Å². The van der Waals surface area contributed by atoms with Crippen LogP contribution in [0.2, 0.25) is 0 Å². The highest BCUT2D eigenvalue weighted by Gasteiger charge is 2.33. The van der Waals surface area contributed by atoms with E-state index in [1.165, 1.54) is 32.1 Å². The van der Waals surface area contributed by atoms with E-state index < -0.39 is 0 Å². The molecule has 3 fully saturated rings. The van der Waals surface area contributed by atoms with Crippen LogP contribution in [0.5, 0.6) is 0 Å². The SMILES string of the molecule is CN(CCCN1CCOCC1)C(=O)CC1C(=O)NCCN1CC1CCCCC1. The van der Waals surface area contributed by atoms with E-state index in [4.69, 9.17) is 4.74 Å². The fraction of sp³-hybridized carbons (Fsp3) is 0.905. The molecule has 2 amide bonds. The summed E-state index contributed by atoms with van der Waals surface area (Å²) in [5.74, 6) is 0.790. The summed E-state index contributed by atoms with van der Waals surface area (Å²) in [4.78, 5) is 31.7. The van der Waals surface area contributed by atoms with E-state index in [9.17, 15) is 9.59 Å². The fourth-order valence-electron chi connectivity index (χ4n) is 4.71. The van der Waals surface area contributed by atoms with Crippen molar-refractivity contribution in [2.75, 3.05) is 66.1 Å². The standard InChI is InChI=1S/C21H38N4O3/c1-23(9-5-10-24-12-14-28-15-13-24)20(26)16-19-21(27)22-8-11-25(19)17-18-6-3-2-4-7-18/h18-19H,2-17H2,1H3,(H,22,27). The van der Waals surface area contributed by atoms with Gasteiger partial charge in [-0.1, -0.05) is 19.3 Å². The molecule has 0 aromatic carbocycles. The Balaban J connectivity index is 1.44. The molecule has 1 saturated carbocycles. The van der Waals surface area contributed by atoms with Crippen LogP contribution in [0.3, 0.4) is 0 Å². The predicted octanol–water partition coefficient (Wildman–Crippen LogP) is 0.938. The molecule has 0 bridgehead atoms. The number of piperazine rings is 1. The Morgan fingerprint density at radius 3 is 2.68 bits per heavy atom. The van der Waals surface area contributed by atoms with Crippen LogP contribution in [0.1, 0.15) is 44.9 Å². The molecule has 2 saturated heterocycles. The highest BCUT2D eigenvalue weighted by atomic mass is 16.5. The van der Waals surface area contributed by atoms with Gasteiger partial charge in [-0.05, 0) is 25.2 Å². The van der Waals surface area contributed by atoms with Crippen molar-refractivity contribution in [3.05, 3.63) is 0 Å². The lowest BCUT2D eigenvalue weighted by Gasteiger charge is -2.38. The lowest BCUT2D eigenvalue weighted by atomic mass is 9.88. The second-order valence-electron chi connectivity index (χ2n) is 8.63. The van der Waals surface area contributed by atoms with Gasteiger partial charge in [0.05, 0.1) is 25.7 Å². The fourth-order valence-corrected chi connectivity index (χ4v) is 4.71. The summed E-state index contributed by atoms with van der Waals surface area (Å²) >= 11 is 0. The average Bonchev–Trinajstić information content (AvgIpc) is 2.72. The minimum Gasteiger partial charge on any atom is -0.379 e. The lowest BCUT2D eigenvalue weighted by molar-refractivity contribution is -0.138. The Labute approximate surface area is 169 Å². The van der Waals surface area contributed by atoms with Gasteiger partial charge in [-0.3, -0.25) is 19.4 Å². The highest BCUT2D eigenvalue weighted by Crippen LogP contribution is 2.26. The Kier molecular flexibility index (Phi) is 8.55. The highest BCUT2D eigenvalue weighted by molar-refractivity contribution is 5.88. The van der Waals surface area contributed by atoms with Crippen molar-refractivity contribution >= 4 is 11.8 Å². The molecule has 1 N–H and O–H groups in total. The normalized spacial score (nSPS) is 25.5. The number of carbonyl (C=O) groups is 2. The molecular weight excluding hydrogens is 356 g/mol. The van der Waals surface area contributed by atoms with Crippen molar-refractivity contribution in [1.82, 2.24) is 20.0 Å². The van der Waals surface area contributed by atoms with Crippen LogP contribution in [0.4, 0.5) is 0 Å². The van der Waals surface area contributed by atoms with Crippen molar-refractivity contribution in [3.63, 3.8) is 0 Å². The third kappa shape index (κ3) is 6.42. The first-order chi connectivity index (χ1) is 13.6. The van der Waals surface area contributed by atoms with Crippen molar-refractivity contribution in [2.45, 2.75) is 51.0 Å². The quantitative estimate of drug-likeness (QED) is 0.664. The largest absolute Gasteiger partial charge is 0.379 e. The number of carbonyl (C=O) groups excluding carboxylic acids is 2. The van der Waals surface area contributed by atoms with Gasteiger partial charge in [0.15, 0.2) is 0 Å². The Morgan fingerprint density at radius 1 is 1.18 bits per heavy atom. The Morgan fingerprint density at radius 2 is 1.93 bits per heavy atom. The van der Waals surface area contributed by atoms with Gasteiger partial charge in [0.2, 0.25) is 11.8 Å². The van der Waals surface area contributed by atoms with Crippen LogP contribution < -0.4 is 5.32 Å². The minimum atomic E-state index is -0.301. The summed E-state index contributed by atoms with van der Waals surface area (Å²) in [6.45, 7) is 7.85. The number of nitrogens with one attached hydrogen (secondary N) is 1. The third-order valence-electron chi connectivity index (χ3n) is 6.52. The molecule has 160 valence electrons. The van der Waals surface area contributed by atoms with Crippen LogP contribution in [0.25, 0.3) is 0 Å². The summed E-state index contributed by atoms with van der Waals surface area (Å²) in [7, 11) is 1.87. The van der Waals surface area contributed by atoms with Crippen molar-refractivity contribution in [3.8, 4) is 0 Å². The minimum absolute atomic E-state index is 0.0251. The molecule has 7 nitrogen and oxygen atoms in total. The second kappa shape index (κ2) is 11.1. The summed E-state index contributed by atoms with van der Waals surface area (Å²) in [5.41, 5.74) is 0. The third-order valence-corrected chi connectivity index (χ3v) is 6.52. The van der Waals surface area contributed by atoms with Crippen molar-refractivity contribution in [1.29, 1.82) is 0 Å². The molecule has 1 aliphatic carbocycles. The molecule has 2 heterocycles. The van der Waals surface area contributed by atoms with Gasteiger partial charge in [-0.25, -0.2) is 0 Å². The molecule has 0 aromatic rings. The monoisotopic (exact) mass is 394 g/mol. The van der Waals surface area contributed by atoms with Gasteiger partial charge in [-0.15, -0.1) is 0 Å². The predicted molar refractivity (Wildman–Crippen MR) is 109 cm³/mol. The Hall–Kier alpha value is -1.18. The van der Waals surface area contributed by atoms with Crippen LogP contribution >= 0.6 is 0 Å².